The Morgan fingerprint density at radius 3 is 3.00 bits per heavy atom. The third kappa shape index (κ3) is 1.73. The van der Waals surface area contributed by atoms with E-state index in [-0.39, 0.29) is 5.69 Å². The lowest BCUT2D eigenvalue weighted by atomic mass is 10.3. The maximum atomic E-state index is 11.1. The number of ether oxygens (including phenoxy) is 1. The Hall–Kier alpha value is -2.37. The van der Waals surface area contributed by atoms with Gasteiger partial charge in [0, 0.05) is 6.54 Å². The van der Waals surface area contributed by atoms with Crippen LogP contribution < -0.4 is 4.74 Å². The number of carboxylic acids is 1. The van der Waals surface area contributed by atoms with Gasteiger partial charge in [0.15, 0.2) is 0 Å². The van der Waals surface area contributed by atoms with Gasteiger partial charge in [0.1, 0.15) is 17.7 Å². The first kappa shape index (κ1) is 11.1. The summed E-state index contributed by atoms with van der Waals surface area (Å²) in [6, 6.07) is 1.50. The molecule has 0 saturated carbocycles. The Labute approximate surface area is 97.2 Å². The molecule has 0 aliphatic carbocycles. The highest BCUT2D eigenvalue weighted by molar-refractivity contribution is 5.95. The number of hydrogen-bond donors (Lipinski definition) is 1. The van der Waals surface area contributed by atoms with Crippen molar-refractivity contribution < 1.29 is 14.6 Å². The summed E-state index contributed by atoms with van der Waals surface area (Å²) in [6.07, 6.45) is 2.95. The molecular weight excluding hydrogens is 222 g/mol. The first-order valence-corrected chi connectivity index (χ1v) is 4.91. The molecule has 0 saturated heterocycles. The standard InChI is InChI=1S/C11H11N3O3/c1-3-4-14-8(11(15)16)5-7-9(14)12-6-13-10(7)17-2/h3,5-6H,1,4H2,2H3,(H,15,16). The molecule has 1 N–H and O–H groups in total. The number of nitrogens with zero attached hydrogens (tertiary/aromatic N) is 3. The zero-order valence-corrected chi connectivity index (χ0v) is 9.25. The van der Waals surface area contributed by atoms with Gasteiger partial charge >= 0.3 is 5.97 Å². The van der Waals surface area contributed by atoms with Gasteiger partial charge in [-0.25, -0.2) is 14.8 Å². The lowest BCUT2D eigenvalue weighted by Gasteiger charge is -2.03. The fourth-order valence-corrected chi connectivity index (χ4v) is 1.69. The molecule has 0 aliphatic heterocycles. The lowest BCUT2D eigenvalue weighted by Crippen LogP contribution is -2.07. The maximum Gasteiger partial charge on any atom is 0.352 e. The van der Waals surface area contributed by atoms with Crippen molar-refractivity contribution in [2.24, 2.45) is 0 Å². The minimum Gasteiger partial charge on any atom is -0.480 e. The summed E-state index contributed by atoms with van der Waals surface area (Å²) < 4.78 is 6.62. The second-order valence-corrected chi connectivity index (χ2v) is 3.35. The van der Waals surface area contributed by atoms with E-state index in [0.29, 0.717) is 23.5 Å². The van der Waals surface area contributed by atoms with Crippen LogP contribution in [0.25, 0.3) is 11.0 Å². The van der Waals surface area contributed by atoms with E-state index in [9.17, 15) is 4.79 Å². The van der Waals surface area contributed by atoms with Crippen LogP contribution in [0.2, 0.25) is 0 Å². The Balaban J connectivity index is 2.78. The van der Waals surface area contributed by atoms with Crippen LogP contribution in [0.15, 0.2) is 25.0 Å². The molecule has 0 fully saturated rings. The highest BCUT2D eigenvalue weighted by Crippen LogP contribution is 2.25. The summed E-state index contributed by atoms with van der Waals surface area (Å²) in [6.45, 7) is 3.96. The van der Waals surface area contributed by atoms with E-state index >= 15 is 0 Å². The largest absolute Gasteiger partial charge is 0.480 e. The van der Waals surface area contributed by atoms with Gasteiger partial charge in [-0.05, 0) is 6.07 Å². The van der Waals surface area contributed by atoms with Crippen molar-refractivity contribution in [1.82, 2.24) is 14.5 Å². The van der Waals surface area contributed by atoms with Gasteiger partial charge in [-0.15, -0.1) is 6.58 Å². The zero-order chi connectivity index (χ0) is 12.4. The third-order valence-corrected chi connectivity index (χ3v) is 2.38. The molecule has 17 heavy (non-hydrogen) atoms. The molecular formula is C11H11N3O3. The van der Waals surface area contributed by atoms with Gasteiger partial charge in [-0.2, -0.15) is 0 Å². The minimum atomic E-state index is -1.02. The number of aromatic nitrogens is 3. The number of methoxy groups -OCH3 is 1. The van der Waals surface area contributed by atoms with Gasteiger partial charge in [-0.3, -0.25) is 0 Å². The van der Waals surface area contributed by atoms with Crippen LogP contribution in [0, 0.1) is 0 Å². The van der Waals surface area contributed by atoms with Crippen LogP contribution in [0.1, 0.15) is 10.5 Å². The van der Waals surface area contributed by atoms with E-state index in [1.165, 1.54) is 19.5 Å². The Morgan fingerprint density at radius 1 is 1.65 bits per heavy atom. The minimum absolute atomic E-state index is 0.138. The monoisotopic (exact) mass is 233 g/mol. The second kappa shape index (κ2) is 4.25. The van der Waals surface area contributed by atoms with E-state index in [0.717, 1.165) is 0 Å². The third-order valence-electron chi connectivity index (χ3n) is 2.38. The van der Waals surface area contributed by atoms with E-state index in [2.05, 4.69) is 16.5 Å². The number of hydrogen-bond acceptors (Lipinski definition) is 4. The Kier molecular flexibility index (Phi) is 2.78. The SMILES string of the molecule is C=CCn1c(C(=O)O)cc2c(OC)ncnc21. The van der Waals surface area contributed by atoms with Crippen molar-refractivity contribution in [3.63, 3.8) is 0 Å². The number of fused-ring (bicyclic) bond motifs is 1. The molecule has 88 valence electrons. The van der Waals surface area contributed by atoms with Gasteiger partial charge in [0.05, 0.1) is 12.5 Å². The molecule has 0 radical (unpaired) electrons. The molecule has 2 aromatic rings. The van der Waals surface area contributed by atoms with Crippen molar-refractivity contribution in [1.29, 1.82) is 0 Å². The normalized spacial score (nSPS) is 10.4. The molecule has 6 nitrogen and oxygen atoms in total. The molecule has 0 bridgehead atoms. The molecule has 0 spiro atoms. The Morgan fingerprint density at radius 2 is 2.41 bits per heavy atom. The molecule has 0 aromatic carbocycles. The fourth-order valence-electron chi connectivity index (χ4n) is 1.69. The number of allylic oxidation sites excluding steroid dienone is 1. The topological polar surface area (TPSA) is 77.2 Å². The quantitative estimate of drug-likeness (QED) is 0.806. The van der Waals surface area contributed by atoms with Crippen LogP contribution in [0.3, 0.4) is 0 Å². The van der Waals surface area contributed by atoms with E-state index < -0.39 is 5.97 Å². The highest BCUT2D eigenvalue weighted by Gasteiger charge is 2.17. The van der Waals surface area contributed by atoms with Crippen molar-refractivity contribution in [2.75, 3.05) is 7.11 Å². The maximum absolute atomic E-state index is 11.1. The second-order valence-electron chi connectivity index (χ2n) is 3.35. The predicted octanol–water partition coefficient (Wildman–Crippen LogP) is 1.32. The van der Waals surface area contributed by atoms with E-state index in [1.54, 1.807) is 10.6 Å². The molecule has 0 unspecified atom stereocenters. The number of rotatable bonds is 4. The van der Waals surface area contributed by atoms with E-state index in [4.69, 9.17) is 9.84 Å². The molecule has 6 heteroatoms. The van der Waals surface area contributed by atoms with Crippen molar-refractivity contribution >= 4 is 17.0 Å². The first-order chi connectivity index (χ1) is 8.19. The van der Waals surface area contributed by atoms with Gasteiger partial charge in [0.25, 0.3) is 0 Å². The summed E-state index contributed by atoms with van der Waals surface area (Å²) in [7, 11) is 1.48. The average molecular weight is 233 g/mol. The summed E-state index contributed by atoms with van der Waals surface area (Å²) in [5.74, 6) is -0.660. The van der Waals surface area contributed by atoms with Crippen LogP contribution in [-0.2, 0) is 6.54 Å². The van der Waals surface area contributed by atoms with Crippen LogP contribution in [0.4, 0.5) is 0 Å². The van der Waals surface area contributed by atoms with Crippen molar-refractivity contribution in [3.8, 4) is 5.88 Å². The molecule has 0 amide bonds. The van der Waals surface area contributed by atoms with Crippen LogP contribution in [0.5, 0.6) is 5.88 Å². The summed E-state index contributed by atoms with van der Waals surface area (Å²) in [5, 5.41) is 9.69. The van der Waals surface area contributed by atoms with Crippen LogP contribution in [-0.4, -0.2) is 32.7 Å². The molecule has 2 rings (SSSR count). The molecule has 0 aliphatic rings. The number of aromatic carboxylic acids is 1. The van der Waals surface area contributed by atoms with E-state index in [1.807, 2.05) is 0 Å². The smallest absolute Gasteiger partial charge is 0.352 e. The molecule has 0 atom stereocenters. The predicted molar refractivity (Wildman–Crippen MR) is 61.2 cm³/mol. The highest BCUT2D eigenvalue weighted by atomic mass is 16.5. The molecule has 2 aromatic heterocycles. The number of carboxylic acid groups (broad SMARTS) is 1. The van der Waals surface area contributed by atoms with Gasteiger partial charge < -0.3 is 14.4 Å². The number of carbonyl (C=O) groups is 1. The Bertz CT molecular complexity index is 589. The van der Waals surface area contributed by atoms with Crippen molar-refractivity contribution in [2.45, 2.75) is 6.54 Å². The first-order valence-electron chi connectivity index (χ1n) is 4.91. The van der Waals surface area contributed by atoms with Gasteiger partial charge in [-0.1, -0.05) is 6.08 Å². The van der Waals surface area contributed by atoms with Crippen molar-refractivity contribution in [3.05, 3.63) is 30.7 Å². The zero-order valence-electron chi connectivity index (χ0n) is 9.25. The summed E-state index contributed by atoms with van der Waals surface area (Å²) in [5.41, 5.74) is 0.660. The lowest BCUT2D eigenvalue weighted by molar-refractivity contribution is 0.0686. The average Bonchev–Trinajstić information content (AvgIpc) is 2.69. The molecule has 2 heterocycles. The summed E-state index contributed by atoms with van der Waals surface area (Å²) in [4.78, 5) is 19.1. The fraction of sp³-hybridized carbons (Fsp3) is 0.182. The summed E-state index contributed by atoms with van der Waals surface area (Å²) >= 11 is 0. The van der Waals surface area contributed by atoms with Gasteiger partial charge in [0.2, 0.25) is 5.88 Å². The van der Waals surface area contributed by atoms with Crippen LogP contribution >= 0.6 is 0 Å².